The highest BCUT2D eigenvalue weighted by Gasteiger charge is 2.24. The number of hydrogen-bond donors (Lipinski definition) is 0. The van der Waals surface area contributed by atoms with Crippen LogP contribution in [0.2, 0.25) is 5.02 Å². The topological polar surface area (TPSA) is 116 Å². The van der Waals surface area contributed by atoms with E-state index in [1.54, 1.807) is 4.90 Å². The third kappa shape index (κ3) is 8.93. The molecule has 1 amide bonds. The van der Waals surface area contributed by atoms with Gasteiger partial charge in [-0.15, -0.1) is 0 Å². The molecule has 0 aliphatic heterocycles. The second kappa shape index (κ2) is 14.6. The molecule has 2 rings (SSSR count). The van der Waals surface area contributed by atoms with Gasteiger partial charge in [-0.2, -0.15) is 0 Å². The number of aldehydes is 1. The lowest BCUT2D eigenvalue weighted by Crippen LogP contribution is -2.35. The Morgan fingerprint density at radius 1 is 1.18 bits per heavy atom. The van der Waals surface area contributed by atoms with E-state index in [4.69, 9.17) is 21.1 Å². The number of carbonyl (C=O) groups is 3. The summed E-state index contributed by atoms with van der Waals surface area (Å²) in [5, 5.41) is 11.4. The Labute approximate surface area is 204 Å². The molecule has 1 saturated carbocycles. The van der Waals surface area contributed by atoms with E-state index in [1.165, 1.54) is 51.2 Å². The van der Waals surface area contributed by atoms with Crippen LogP contribution in [0.3, 0.4) is 0 Å². The summed E-state index contributed by atoms with van der Waals surface area (Å²) in [7, 11) is 0. The standard InChI is InChI=1S/C24H33ClN2O7/c1-18(29)33-16-14-26(13-5-4-9-19-7-2-3-8-19)22(30)10-6-15-34-24-21(25)12-11-20(17-28)23(24)27(31)32/h11-12,17,19H,2-10,13-16H2,1H3. The van der Waals surface area contributed by atoms with Crippen LogP contribution in [0.5, 0.6) is 5.75 Å². The van der Waals surface area contributed by atoms with Gasteiger partial charge in [0.1, 0.15) is 6.61 Å². The lowest BCUT2D eigenvalue weighted by Gasteiger charge is -2.23. The van der Waals surface area contributed by atoms with Gasteiger partial charge in [-0.05, 0) is 30.9 Å². The van der Waals surface area contributed by atoms with Gasteiger partial charge in [0.2, 0.25) is 11.7 Å². The first kappa shape index (κ1) is 27.6. The third-order valence-electron chi connectivity index (χ3n) is 5.99. The van der Waals surface area contributed by atoms with E-state index in [1.807, 2.05) is 0 Å². The van der Waals surface area contributed by atoms with Gasteiger partial charge in [0, 0.05) is 19.9 Å². The molecule has 0 heterocycles. The minimum Gasteiger partial charge on any atom is -0.486 e. The van der Waals surface area contributed by atoms with E-state index >= 15 is 0 Å². The van der Waals surface area contributed by atoms with Crippen molar-refractivity contribution in [2.75, 3.05) is 26.3 Å². The molecule has 0 radical (unpaired) electrons. The normalized spacial score (nSPS) is 13.5. The number of nitrogens with zero attached hydrogens (tertiary/aromatic N) is 2. The molecule has 0 bridgehead atoms. The van der Waals surface area contributed by atoms with Crippen LogP contribution in [0.25, 0.3) is 0 Å². The Morgan fingerprint density at radius 3 is 2.56 bits per heavy atom. The first-order chi connectivity index (χ1) is 16.3. The van der Waals surface area contributed by atoms with Crippen molar-refractivity contribution in [2.45, 2.75) is 64.7 Å². The zero-order valence-electron chi connectivity index (χ0n) is 19.6. The Bertz CT molecular complexity index is 856. The average molecular weight is 497 g/mol. The summed E-state index contributed by atoms with van der Waals surface area (Å²) in [5.41, 5.74) is -0.617. The number of unbranched alkanes of at least 4 members (excludes halogenated alkanes) is 1. The van der Waals surface area contributed by atoms with Crippen molar-refractivity contribution in [1.82, 2.24) is 4.90 Å². The van der Waals surface area contributed by atoms with Crippen LogP contribution in [0.4, 0.5) is 5.69 Å². The first-order valence-corrected chi connectivity index (χ1v) is 12.2. The SMILES string of the molecule is CC(=O)OCCN(CCCCC1CCCC1)C(=O)CCCOc1c(Cl)ccc(C=O)c1[N+](=O)[O-]. The van der Waals surface area contributed by atoms with Crippen molar-refractivity contribution in [3.05, 3.63) is 32.8 Å². The summed E-state index contributed by atoms with van der Waals surface area (Å²) in [5.74, 6) is 0.134. The minimum absolute atomic E-state index is 0.0219. The highest BCUT2D eigenvalue weighted by atomic mass is 35.5. The van der Waals surface area contributed by atoms with Crippen molar-refractivity contribution in [2.24, 2.45) is 5.92 Å². The molecular weight excluding hydrogens is 464 g/mol. The molecule has 0 spiro atoms. The van der Waals surface area contributed by atoms with Crippen molar-refractivity contribution >= 4 is 35.5 Å². The van der Waals surface area contributed by atoms with Gasteiger partial charge in [0.15, 0.2) is 6.29 Å². The van der Waals surface area contributed by atoms with Crippen LogP contribution in [0.1, 0.15) is 75.1 Å². The van der Waals surface area contributed by atoms with Gasteiger partial charge in [0.05, 0.1) is 28.7 Å². The van der Waals surface area contributed by atoms with E-state index < -0.39 is 16.6 Å². The number of halogens is 1. The summed E-state index contributed by atoms with van der Waals surface area (Å²) in [6.45, 7) is 2.40. The highest BCUT2D eigenvalue weighted by Crippen LogP contribution is 2.37. The Kier molecular flexibility index (Phi) is 11.8. The van der Waals surface area contributed by atoms with Gasteiger partial charge in [-0.1, -0.05) is 50.1 Å². The van der Waals surface area contributed by atoms with E-state index in [-0.39, 0.29) is 41.9 Å². The molecule has 10 heteroatoms. The number of nitro groups is 1. The van der Waals surface area contributed by atoms with E-state index in [0.29, 0.717) is 25.8 Å². The van der Waals surface area contributed by atoms with Crippen LogP contribution >= 0.6 is 11.6 Å². The number of nitro benzene ring substituents is 1. The summed E-state index contributed by atoms with van der Waals surface area (Å²) in [4.78, 5) is 47.3. The van der Waals surface area contributed by atoms with Crippen LogP contribution in [-0.2, 0) is 14.3 Å². The lowest BCUT2D eigenvalue weighted by molar-refractivity contribution is -0.386. The van der Waals surface area contributed by atoms with E-state index in [9.17, 15) is 24.5 Å². The number of benzene rings is 1. The fraction of sp³-hybridized carbons (Fsp3) is 0.625. The molecule has 0 unspecified atom stereocenters. The van der Waals surface area contributed by atoms with Gasteiger partial charge >= 0.3 is 11.7 Å². The van der Waals surface area contributed by atoms with Gasteiger partial charge < -0.3 is 14.4 Å². The molecule has 1 aliphatic carbocycles. The largest absolute Gasteiger partial charge is 0.486 e. The molecule has 0 saturated heterocycles. The Hall–Kier alpha value is -2.68. The molecule has 1 aromatic rings. The predicted octanol–water partition coefficient (Wildman–Crippen LogP) is 4.97. The fourth-order valence-electron chi connectivity index (χ4n) is 4.23. The quantitative estimate of drug-likeness (QED) is 0.111. The Balaban J connectivity index is 1.85. The Morgan fingerprint density at radius 2 is 1.91 bits per heavy atom. The molecule has 1 fully saturated rings. The fourth-order valence-corrected chi connectivity index (χ4v) is 4.44. The van der Waals surface area contributed by atoms with Crippen molar-refractivity contribution < 1.29 is 28.8 Å². The number of carbonyl (C=O) groups excluding carboxylic acids is 3. The van der Waals surface area contributed by atoms with Crippen LogP contribution < -0.4 is 4.74 Å². The smallest absolute Gasteiger partial charge is 0.322 e. The maximum absolute atomic E-state index is 12.8. The molecular formula is C24H33ClN2O7. The highest BCUT2D eigenvalue weighted by molar-refractivity contribution is 6.32. The minimum atomic E-state index is -0.710. The summed E-state index contributed by atoms with van der Waals surface area (Å²) >= 11 is 6.03. The number of amides is 1. The van der Waals surface area contributed by atoms with Gasteiger partial charge in [-0.3, -0.25) is 24.5 Å². The van der Waals surface area contributed by atoms with Crippen molar-refractivity contribution in [1.29, 1.82) is 0 Å². The second-order valence-electron chi connectivity index (χ2n) is 8.51. The maximum Gasteiger partial charge on any atom is 0.322 e. The molecule has 0 atom stereocenters. The van der Waals surface area contributed by atoms with Gasteiger partial charge in [0.25, 0.3) is 0 Å². The molecule has 1 aromatic carbocycles. The van der Waals surface area contributed by atoms with E-state index in [2.05, 4.69) is 0 Å². The summed E-state index contributed by atoms with van der Waals surface area (Å²) < 4.78 is 10.5. The molecule has 0 aromatic heterocycles. The van der Waals surface area contributed by atoms with E-state index in [0.717, 1.165) is 18.8 Å². The number of ether oxygens (including phenoxy) is 2. The zero-order valence-corrected chi connectivity index (χ0v) is 20.4. The number of esters is 1. The predicted molar refractivity (Wildman–Crippen MR) is 127 cm³/mol. The number of hydrogen-bond acceptors (Lipinski definition) is 7. The zero-order chi connectivity index (χ0) is 24.9. The lowest BCUT2D eigenvalue weighted by atomic mass is 10.0. The molecule has 34 heavy (non-hydrogen) atoms. The third-order valence-corrected chi connectivity index (χ3v) is 6.29. The summed E-state index contributed by atoms with van der Waals surface area (Å²) in [6.07, 6.45) is 9.20. The second-order valence-corrected chi connectivity index (χ2v) is 8.92. The van der Waals surface area contributed by atoms with Crippen LogP contribution in [-0.4, -0.2) is 54.3 Å². The first-order valence-electron chi connectivity index (χ1n) is 11.8. The van der Waals surface area contributed by atoms with Crippen molar-refractivity contribution in [3.8, 4) is 5.75 Å². The number of rotatable bonds is 15. The van der Waals surface area contributed by atoms with Crippen LogP contribution in [0.15, 0.2) is 12.1 Å². The van der Waals surface area contributed by atoms with Crippen molar-refractivity contribution in [3.63, 3.8) is 0 Å². The molecule has 188 valence electrons. The molecule has 9 nitrogen and oxygen atoms in total. The molecule has 0 N–H and O–H groups in total. The summed E-state index contributed by atoms with van der Waals surface area (Å²) in [6, 6.07) is 2.62. The van der Waals surface area contributed by atoms with Crippen LogP contribution in [0, 0.1) is 16.0 Å². The monoisotopic (exact) mass is 496 g/mol. The molecule has 1 aliphatic rings. The average Bonchev–Trinajstić information content (AvgIpc) is 3.32. The maximum atomic E-state index is 12.8. The van der Waals surface area contributed by atoms with Gasteiger partial charge in [-0.25, -0.2) is 0 Å².